The van der Waals surface area contributed by atoms with E-state index in [9.17, 15) is 0 Å². The van der Waals surface area contributed by atoms with Crippen molar-refractivity contribution in [1.82, 2.24) is 5.32 Å². The number of halogens is 1. The molecule has 2 N–H and O–H groups in total. The van der Waals surface area contributed by atoms with E-state index in [1.807, 2.05) is 24.3 Å². The van der Waals surface area contributed by atoms with Gasteiger partial charge in [0.15, 0.2) is 5.11 Å². The molecule has 0 atom stereocenters. The van der Waals surface area contributed by atoms with E-state index in [0.29, 0.717) is 10.1 Å². The van der Waals surface area contributed by atoms with Crippen molar-refractivity contribution >= 4 is 34.6 Å². The zero-order chi connectivity index (χ0) is 17.7. The summed E-state index contributed by atoms with van der Waals surface area (Å²) in [5.41, 5.74) is 3.67. The van der Waals surface area contributed by atoms with E-state index in [2.05, 4.69) is 41.8 Å². The first-order chi connectivity index (χ1) is 12.1. The van der Waals surface area contributed by atoms with Crippen LogP contribution in [-0.2, 0) is 6.42 Å². The molecule has 0 bridgehead atoms. The second-order valence-corrected chi connectivity index (χ2v) is 7.85. The van der Waals surface area contributed by atoms with Gasteiger partial charge in [-0.3, -0.25) is 0 Å². The Bertz CT molecular complexity index is 738. The molecule has 0 aromatic heterocycles. The topological polar surface area (TPSA) is 24.1 Å². The summed E-state index contributed by atoms with van der Waals surface area (Å²) >= 11 is 11.8. The molecule has 2 aromatic rings. The molecule has 1 aliphatic carbocycles. The Kier molecular flexibility index (Phi) is 5.98. The molecule has 1 aliphatic rings. The minimum absolute atomic E-state index is 0.0923. The molecule has 0 heterocycles. The Labute approximate surface area is 161 Å². The number of para-hydroxylation sites is 1. The summed E-state index contributed by atoms with van der Waals surface area (Å²) < 4.78 is 0. The Morgan fingerprint density at radius 1 is 1.12 bits per heavy atom. The fourth-order valence-corrected chi connectivity index (χ4v) is 4.21. The van der Waals surface area contributed by atoms with E-state index in [4.69, 9.17) is 23.8 Å². The molecule has 1 saturated carbocycles. The van der Waals surface area contributed by atoms with Crippen LogP contribution in [-0.4, -0.2) is 10.7 Å². The highest BCUT2D eigenvalue weighted by atomic mass is 35.5. The predicted molar refractivity (Wildman–Crippen MR) is 112 cm³/mol. The van der Waals surface area contributed by atoms with Gasteiger partial charge < -0.3 is 10.6 Å². The lowest BCUT2D eigenvalue weighted by Crippen LogP contribution is -2.48. The molecule has 0 spiro atoms. The van der Waals surface area contributed by atoms with Crippen molar-refractivity contribution in [3.63, 3.8) is 0 Å². The first-order valence-electron chi connectivity index (χ1n) is 8.96. The Morgan fingerprint density at radius 3 is 2.60 bits per heavy atom. The molecule has 4 heteroatoms. The number of anilines is 1. The van der Waals surface area contributed by atoms with Crippen molar-refractivity contribution in [2.75, 3.05) is 5.32 Å². The third-order valence-corrected chi connectivity index (χ3v) is 5.57. The monoisotopic (exact) mass is 372 g/mol. The quantitative estimate of drug-likeness (QED) is 0.641. The lowest BCUT2D eigenvalue weighted by Gasteiger charge is -2.32. The molecule has 3 rings (SSSR count). The van der Waals surface area contributed by atoms with Crippen LogP contribution in [0.25, 0.3) is 0 Å². The highest BCUT2D eigenvalue weighted by molar-refractivity contribution is 7.80. The summed E-state index contributed by atoms with van der Waals surface area (Å²) in [6.07, 6.45) is 7.03. The fraction of sp³-hybridized carbons (Fsp3) is 0.381. The van der Waals surface area contributed by atoms with Crippen LogP contribution >= 0.6 is 23.8 Å². The largest absolute Gasteiger partial charge is 0.357 e. The van der Waals surface area contributed by atoms with E-state index >= 15 is 0 Å². The predicted octanol–water partition coefficient (Wildman–Crippen LogP) is 5.88. The Morgan fingerprint density at radius 2 is 1.88 bits per heavy atom. The molecule has 0 unspecified atom stereocenters. The van der Waals surface area contributed by atoms with Crippen LogP contribution in [0.4, 0.5) is 5.69 Å². The molecule has 2 aromatic carbocycles. The summed E-state index contributed by atoms with van der Waals surface area (Å²) in [5, 5.41) is 8.23. The average molecular weight is 373 g/mol. The summed E-state index contributed by atoms with van der Waals surface area (Å²) in [5.74, 6) is 0. The van der Waals surface area contributed by atoms with Crippen molar-refractivity contribution < 1.29 is 0 Å². The van der Waals surface area contributed by atoms with Crippen LogP contribution in [0.15, 0.2) is 48.5 Å². The number of aryl methyl sites for hydroxylation is 2. The normalized spacial score (nSPS) is 15.8. The van der Waals surface area contributed by atoms with Crippen molar-refractivity contribution in [1.29, 1.82) is 0 Å². The van der Waals surface area contributed by atoms with Crippen LogP contribution < -0.4 is 10.6 Å². The van der Waals surface area contributed by atoms with Gasteiger partial charge in [0.25, 0.3) is 0 Å². The van der Waals surface area contributed by atoms with E-state index in [1.54, 1.807) is 0 Å². The number of nitrogens with one attached hydrogen (secondary N) is 2. The molecule has 0 radical (unpaired) electrons. The van der Waals surface area contributed by atoms with E-state index in [1.165, 1.54) is 36.8 Å². The minimum Gasteiger partial charge on any atom is -0.357 e. The lowest BCUT2D eigenvalue weighted by atomic mass is 9.89. The zero-order valence-corrected chi connectivity index (χ0v) is 16.2. The third kappa shape index (κ3) is 4.96. The van der Waals surface area contributed by atoms with Crippen LogP contribution in [0.3, 0.4) is 0 Å². The molecular weight excluding hydrogens is 348 g/mol. The second kappa shape index (κ2) is 8.20. The van der Waals surface area contributed by atoms with Gasteiger partial charge >= 0.3 is 0 Å². The highest BCUT2D eigenvalue weighted by Gasteiger charge is 2.34. The lowest BCUT2D eigenvalue weighted by molar-refractivity contribution is 0.362. The maximum absolute atomic E-state index is 6.23. The van der Waals surface area contributed by atoms with Gasteiger partial charge in [0.1, 0.15) is 0 Å². The summed E-state index contributed by atoms with van der Waals surface area (Å²) in [6.45, 7) is 2.15. The maximum Gasteiger partial charge on any atom is 0.171 e. The number of benzene rings is 2. The molecule has 132 valence electrons. The zero-order valence-electron chi connectivity index (χ0n) is 14.6. The van der Waals surface area contributed by atoms with Gasteiger partial charge in [-0.25, -0.2) is 0 Å². The van der Waals surface area contributed by atoms with Gasteiger partial charge in [-0.05, 0) is 62.5 Å². The van der Waals surface area contributed by atoms with Gasteiger partial charge in [-0.1, -0.05) is 66.4 Å². The SMILES string of the molecule is Cc1cccc(CCC2(NC(=S)Nc3ccccc3Cl)CCCC2)c1. The summed E-state index contributed by atoms with van der Waals surface area (Å²) in [7, 11) is 0. The number of hydrogen-bond acceptors (Lipinski definition) is 1. The second-order valence-electron chi connectivity index (χ2n) is 7.04. The first kappa shape index (κ1) is 18.2. The molecule has 0 amide bonds. The van der Waals surface area contributed by atoms with Crippen LogP contribution in [0, 0.1) is 6.92 Å². The Hall–Kier alpha value is -1.58. The Balaban J connectivity index is 1.64. The van der Waals surface area contributed by atoms with E-state index < -0.39 is 0 Å². The fourth-order valence-electron chi connectivity index (χ4n) is 3.70. The number of rotatable bonds is 5. The molecular formula is C21H25ClN2S. The molecule has 0 aliphatic heterocycles. The highest BCUT2D eigenvalue weighted by Crippen LogP contribution is 2.34. The number of thiocarbonyl (C=S) groups is 1. The molecule has 2 nitrogen and oxygen atoms in total. The third-order valence-electron chi connectivity index (χ3n) is 5.04. The van der Waals surface area contributed by atoms with Crippen molar-refractivity contribution in [3.05, 3.63) is 64.7 Å². The average Bonchev–Trinajstić information content (AvgIpc) is 3.04. The van der Waals surface area contributed by atoms with E-state index in [-0.39, 0.29) is 5.54 Å². The first-order valence-corrected chi connectivity index (χ1v) is 9.74. The molecule has 25 heavy (non-hydrogen) atoms. The van der Waals surface area contributed by atoms with Crippen LogP contribution in [0.5, 0.6) is 0 Å². The van der Waals surface area contributed by atoms with Gasteiger partial charge in [0.2, 0.25) is 0 Å². The van der Waals surface area contributed by atoms with Crippen LogP contribution in [0.1, 0.15) is 43.2 Å². The van der Waals surface area contributed by atoms with E-state index in [0.717, 1.165) is 18.5 Å². The van der Waals surface area contributed by atoms with Crippen LogP contribution in [0.2, 0.25) is 5.02 Å². The summed E-state index contributed by atoms with van der Waals surface area (Å²) in [6, 6.07) is 16.5. The molecule has 0 saturated heterocycles. The van der Waals surface area contributed by atoms with Crippen molar-refractivity contribution in [2.24, 2.45) is 0 Å². The van der Waals surface area contributed by atoms with Gasteiger partial charge in [-0.15, -0.1) is 0 Å². The summed E-state index contributed by atoms with van der Waals surface area (Å²) in [4.78, 5) is 0. The standard InChI is InChI=1S/C21H25ClN2S/c1-16-7-6-8-17(15-16)11-14-21(12-4-5-13-21)24-20(25)23-19-10-3-2-9-18(19)22/h2-3,6-10,15H,4-5,11-14H2,1H3,(H2,23,24,25). The van der Waals surface area contributed by atoms with Gasteiger partial charge in [0.05, 0.1) is 10.7 Å². The van der Waals surface area contributed by atoms with Gasteiger partial charge in [-0.2, -0.15) is 0 Å². The van der Waals surface area contributed by atoms with Crippen molar-refractivity contribution in [3.8, 4) is 0 Å². The maximum atomic E-state index is 6.23. The molecule has 1 fully saturated rings. The smallest absolute Gasteiger partial charge is 0.171 e. The van der Waals surface area contributed by atoms with Crippen molar-refractivity contribution in [2.45, 2.75) is 51.0 Å². The number of hydrogen-bond donors (Lipinski definition) is 2. The minimum atomic E-state index is 0.0923. The van der Waals surface area contributed by atoms with Gasteiger partial charge in [0, 0.05) is 5.54 Å².